The van der Waals surface area contributed by atoms with Crippen LogP contribution in [0.5, 0.6) is 11.5 Å². The summed E-state index contributed by atoms with van der Waals surface area (Å²) >= 11 is 1.64. The summed E-state index contributed by atoms with van der Waals surface area (Å²) in [6.07, 6.45) is 2.99. The molecule has 0 amide bonds. The van der Waals surface area contributed by atoms with E-state index in [1.807, 2.05) is 55.6 Å². The van der Waals surface area contributed by atoms with Crippen LogP contribution in [0, 0.1) is 0 Å². The first kappa shape index (κ1) is 26.8. The molecule has 0 saturated heterocycles. The second-order valence-corrected chi connectivity index (χ2v) is 9.91. The van der Waals surface area contributed by atoms with Crippen LogP contribution < -0.4 is 14.8 Å². The topological polar surface area (TPSA) is 83.1 Å². The van der Waals surface area contributed by atoms with E-state index in [4.69, 9.17) is 18.9 Å². The van der Waals surface area contributed by atoms with Crippen molar-refractivity contribution in [1.29, 1.82) is 0 Å². The Morgan fingerprint density at radius 1 is 0.973 bits per heavy atom. The molecule has 7 nitrogen and oxygen atoms in total. The van der Waals surface area contributed by atoms with Gasteiger partial charge in [0.25, 0.3) is 0 Å². The molecule has 0 fully saturated rings. The van der Waals surface area contributed by atoms with Crippen LogP contribution in [-0.2, 0) is 19.1 Å². The van der Waals surface area contributed by atoms with E-state index in [2.05, 4.69) is 5.32 Å². The van der Waals surface area contributed by atoms with Crippen molar-refractivity contribution < 1.29 is 28.5 Å². The molecule has 0 saturated carbocycles. The number of esters is 1. The molecule has 2 aliphatic rings. The van der Waals surface area contributed by atoms with Gasteiger partial charge < -0.3 is 24.3 Å². The highest BCUT2D eigenvalue weighted by Gasteiger charge is 2.41. The number of hydrogen-bond acceptors (Lipinski definition) is 8. The molecule has 1 heterocycles. The van der Waals surface area contributed by atoms with Crippen molar-refractivity contribution in [3.05, 3.63) is 76.1 Å². The predicted octanol–water partition coefficient (Wildman–Crippen LogP) is 4.98. The minimum Gasteiger partial charge on any atom is -0.493 e. The van der Waals surface area contributed by atoms with Gasteiger partial charge in [-0.2, -0.15) is 0 Å². The van der Waals surface area contributed by atoms with Gasteiger partial charge in [-0.15, -0.1) is 11.8 Å². The minimum absolute atomic E-state index is 0.0159. The molecular weight excluding hydrogens is 490 g/mol. The molecule has 2 aromatic carbocycles. The van der Waals surface area contributed by atoms with Crippen LogP contribution in [0.1, 0.15) is 42.7 Å². The van der Waals surface area contributed by atoms with Gasteiger partial charge in [0.2, 0.25) is 0 Å². The molecule has 8 heteroatoms. The SMILES string of the molecule is COCCOC(=O)C1=C(C)NC2=C(C(=O)C[C@@H](c3ccc(OC)c(OC)c3)C2)[C@H]1c1ccc(SC)cc1. The summed E-state index contributed by atoms with van der Waals surface area (Å²) < 4.78 is 21.4. The van der Waals surface area contributed by atoms with Crippen molar-refractivity contribution >= 4 is 23.5 Å². The Kier molecular flexibility index (Phi) is 8.61. The van der Waals surface area contributed by atoms with E-state index in [9.17, 15) is 9.59 Å². The number of methoxy groups -OCH3 is 3. The lowest BCUT2D eigenvalue weighted by atomic mass is 9.71. The fraction of sp³-hybridized carbons (Fsp3) is 0.379. The van der Waals surface area contributed by atoms with Crippen LogP contribution >= 0.6 is 11.8 Å². The highest BCUT2D eigenvalue weighted by atomic mass is 32.2. The van der Waals surface area contributed by atoms with Crippen LogP contribution in [-0.4, -0.2) is 52.6 Å². The Morgan fingerprint density at radius 3 is 2.32 bits per heavy atom. The Hall–Kier alpha value is -3.23. The summed E-state index contributed by atoms with van der Waals surface area (Å²) in [4.78, 5) is 28.1. The largest absolute Gasteiger partial charge is 0.493 e. The molecule has 2 aromatic rings. The van der Waals surface area contributed by atoms with Crippen molar-refractivity contribution in [2.75, 3.05) is 40.8 Å². The maximum atomic E-state index is 13.8. The molecule has 1 aliphatic heterocycles. The number of benzene rings is 2. The summed E-state index contributed by atoms with van der Waals surface area (Å²) in [5.74, 6) is 0.327. The van der Waals surface area contributed by atoms with Gasteiger partial charge in [0.15, 0.2) is 17.3 Å². The van der Waals surface area contributed by atoms with E-state index in [0.717, 1.165) is 21.7 Å². The zero-order valence-electron chi connectivity index (χ0n) is 21.9. The standard InChI is InChI=1S/C29H33NO6S/c1-17-26(29(32)36-13-12-33-2)27(18-6-9-21(37-5)10-7-18)28-22(30-17)14-20(15-23(28)31)19-8-11-24(34-3)25(16-19)35-4/h6-11,16,20,27,30H,12-15H2,1-5H3/t20-,27-/m0/s1. The molecule has 2 atom stereocenters. The van der Waals surface area contributed by atoms with E-state index in [0.29, 0.717) is 47.8 Å². The monoisotopic (exact) mass is 523 g/mol. The molecular formula is C29H33NO6S. The zero-order chi connectivity index (χ0) is 26.5. The van der Waals surface area contributed by atoms with E-state index in [1.165, 1.54) is 0 Å². The van der Waals surface area contributed by atoms with Crippen LogP contribution in [0.3, 0.4) is 0 Å². The molecule has 4 rings (SSSR count). The number of Topliss-reactive ketones (excluding diaryl/α,β-unsaturated/α-hetero) is 1. The third-order valence-corrected chi connectivity index (χ3v) is 7.64. The van der Waals surface area contributed by atoms with Crippen molar-refractivity contribution in [2.24, 2.45) is 0 Å². The smallest absolute Gasteiger partial charge is 0.336 e. The number of thioether (sulfide) groups is 1. The van der Waals surface area contributed by atoms with E-state index in [1.54, 1.807) is 33.1 Å². The van der Waals surface area contributed by atoms with Crippen molar-refractivity contribution in [3.8, 4) is 11.5 Å². The Bertz CT molecular complexity index is 1230. The average Bonchev–Trinajstić information content (AvgIpc) is 2.91. The number of carbonyl (C=O) groups is 2. The quantitative estimate of drug-likeness (QED) is 0.280. The molecule has 0 unspecified atom stereocenters. The fourth-order valence-corrected chi connectivity index (χ4v) is 5.49. The molecule has 1 N–H and O–H groups in total. The maximum Gasteiger partial charge on any atom is 0.336 e. The molecule has 0 bridgehead atoms. The average molecular weight is 524 g/mol. The maximum absolute atomic E-state index is 13.8. The summed E-state index contributed by atoms with van der Waals surface area (Å²) in [5, 5.41) is 3.39. The summed E-state index contributed by atoms with van der Waals surface area (Å²) in [7, 11) is 4.76. The first-order chi connectivity index (χ1) is 17.9. The molecule has 0 radical (unpaired) electrons. The third-order valence-electron chi connectivity index (χ3n) is 6.90. The second kappa shape index (κ2) is 11.9. The second-order valence-electron chi connectivity index (χ2n) is 9.03. The number of ether oxygens (including phenoxy) is 4. The van der Waals surface area contributed by atoms with Gasteiger partial charge in [0, 0.05) is 41.3 Å². The number of carbonyl (C=O) groups excluding carboxylic acids is 2. The van der Waals surface area contributed by atoms with Crippen LogP contribution in [0.15, 0.2) is 69.9 Å². The van der Waals surface area contributed by atoms with Gasteiger partial charge >= 0.3 is 5.97 Å². The number of dihydropyridines is 1. The first-order valence-corrected chi connectivity index (χ1v) is 13.4. The normalized spacial score (nSPS) is 19.3. The van der Waals surface area contributed by atoms with E-state index < -0.39 is 11.9 Å². The zero-order valence-corrected chi connectivity index (χ0v) is 22.7. The number of nitrogens with one attached hydrogen (secondary N) is 1. The van der Waals surface area contributed by atoms with Gasteiger partial charge in [-0.1, -0.05) is 18.2 Å². The molecule has 1 aliphatic carbocycles. The van der Waals surface area contributed by atoms with Crippen molar-refractivity contribution in [3.63, 3.8) is 0 Å². The van der Waals surface area contributed by atoms with Gasteiger partial charge in [-0.05, 0) is 60.9 Å². The molecule has 196 valence electrons. The van der Waals surface area contributed by atoms with Gasteiger partial charge in [0.05, 0.1) is 26.4 Å². The number of rotatable bonds is 9. The lowest BCUT2D eigenvalue weighted by molar-refractivity contribution is -0.140. The van der Waals surface area contributed by atoms with Crippen LogP contribution in [0.4, 0.5) is 0 Å². The molecule has 0 aromatic heterocycles. The summed E-state index contributed by atoms with van der Waals surface area (Å²) in [6, 6.07) is 13.8. The third kappa shape index (κ3) is 5.55. The summed E-state index contributed by atoms with van der Waals surface area (Å²) in [5.41, 5.74) is 4.54. The first-order valence-electron chi connectivity index (χ1n) is 12.2. The number of allylic oxidation sites excluding steroid dienone is 3. The van der Waals surface area contributed by atoms with Crippen LogP contribution in [0.25, 0.3) is 0 Å². The number of hydrogen-bond donors (Lipinski definition) is 1. The highest BCUT2D eigenvalue weighted by Crippen LogP contribution is 2.46. The summed E-state index contributed by atoms with van der Waals surface area (Å²) in [6.45, 7) is 2.31. The van der Waals surface area contributed by atoms with Gasteiger partial charge in [-0.25, -0.2) is 4.79 Å². The Morgan fingerprint density at radius 2 is 1.68 bits per heavy atom. The molecule has 0 spiro atoms. The minimum atomic E-state index is -0.499. The lowest BCUT2D eigenvalue weighted by Gasteiger charge is -2.36. The van der Waals surface area contributed by atoms with Crippen molar-refractivity contribution in [1.82, 2.24) is 5.32 Å². The fourth-order valence-electron chi connectivity index (χ4n) is 5.08. The van der Waals surface area contributed by atoms with Gasteiger partial charge in [0.1, 0.15) is 6.61 Å². The Labute approximate surface area is 222 Å². The number of ketones is 1. The lowest BCUT2D eigenvalue weighted by Crippen LogP contribution is -2.36. The van der Waals surface area contributed by atoms with Gasteiger partial charge in [-0.3, -0.25) is 4.79 Å². The van der Waals surface area contributed by atoms with Crippen LogP contribution in [0.2, 0.25) is 0 Å². The predicted molar refractivity (Wildman–Crippen MR) is 143 cm³/mol. The Balaban J connectivity index is 1.73. The highest BCUT2D eigenvalue weighted by molar-refractivity contribution is 7.98. The van der Waals surface area contributed by atoms with Crippen molar-refractivity contribution in [2.45, 2.75) is 36.5 Å². The van der Waals surface area contributed by atoms with E-state index >= 15 is 0 Å². The molecule has 37 heavy (non-hydrogen) atoms. The van der Waals surface area contributed by atoms with E-state index in [-0.39, 0.29) is 18.3 Å².